The fraction of sp³-hybridized carbons (Fsp3) is 0.133. The van der Waals surface area contributed by atoms with Crippen molar-refractivity contribution in [2.24, 2.45) is 5.73 Å². The summed E-state index contributed by atoms with van der Waals surface area (Å²) in [6, 6.07) is 16.0. The van der Waals surface area contributed by atoms with E-state index in [0.717, 1.165) is 22.3 Å². The number of para-hydroxylation sites is 1. The number of hydrogen-bond donors (Lipinski definition) is 1. The third-order valence-corrected chi connectivity index (χ3v) is 2.93. The van der Waals surface area contributed by atoms with Crippen molar-refractivity contribution in [2.45, 2.75) is 0 Å². The second kappa shape index (κ2) is 5.12. The zero-order valence-corrected chi connectivity index (χ0v) is 10.5. The SMILES string of the molecule is NCCOc1cccc(-n2ncc3ccccc32)c1. The zero-order chi connectivity index (χ0) is 13.1. The molecule has 4 nitrogen and oxygen atoms in total. The van der Waals surface area contributed by atoms with Gasteiger partial charge < -0.3 is 10.5 Å². The van der Waals surface area contributed by atoms with E-state index in [9.17, 15) is 0 Å². The maximum atomic E-state index is 5.54. The lowest BCUT2D eigenvalue weighted by atomic mass is 10.2. The van der Waals surface area contributed by atoms with E-state index >= 15 is 0 Å². The van der Waals surface area contributed by atoms with Crippen LogP contribution in [0.4, 0.5) is 0 Å². The van der Waals surface area contributed by atoms with Crippen LogP contribution in [0.25, 0.3) is 16.6 Å². The van der Waals surface area contributed by atoms with E-state index in [4.69, 9.17) is 10.5 Å². The van der Waals surface area contributed by atoms with Gasteiger partial charge in [0.1, 0.15) is 12.4 Å². The summed E-state index contributed by atoms with van der Waals surface area (Å²) in [4.78, 5) is 0. The van der Waals surface area contributed by atoms with E-state index in [1.807, 2.05) is 53.3 Å². The van der Waals surface area contributed by atoms with E-state index in [1.165, 1.54) is 0 Å². The summed E-state index contributed by atoms with van der Waals surface area (Å²) in [5.41, 5.74) is 7.50. The Labute approximate surface area is 111 Å². The topological polar surface area (TPSA) is 53.1 Å². The van der Waals surface area contributed by atoms with Gasteiger partial charge in [-0.25, -0.2) is 4.68 Å². The van der Waals surface area contributed by atoms with Crippen LogP contribution in [0.1, 0.15) is 0 Å². The molecule has 0 spiro atoms. The van der Waals surface area contributed by atoms with Crippen LogP contribution >= 0.6 is 0 Å². The van der Waals surface area contributed by atoms with Gasteiger partial charge in [0.05, 0.1) is 17.4 Å². The minimum atomic E-state index is 0.509. The van der Waals surface area contributed by atoms with Crippen LogP contribution in [0.15, 0.2) is 54.7 Å². The van der Waals surface area contributed by atoms with Gasteiger partial charge in [-0.1, -0.05) is 24.3 Å². The molecule has 0 amide bonds. The third kappa shape index (κ3) is 2.30. The Morgan fingerprint density at radius 2 is 2.00 bits per heavy atom. The van der Waals surface area contributed by atoms with Crippen LogP contribution in [0, 0.1) is 0 Å². The molecule has 1 heterocycles. The molecule has 0 aliphatic rings. The molecule has 0 atom stereocenters. The van der Waals surface area contributed by atoms with Gasteiger partial charge in [-0.3, -0.25) is 0 Å². The number of ether oxygens (including phenoxy) is 1. The molecular formula is C15H15N3O. The van der Waals surface area contributed by atoms with Gasteiger partial charge in [-0.15, -0.1) is 0 Å². The Hall–Kier alpha value is -2.33. The number of rotatable bonds is 4. The third-order valence-electron chi connectivity index (χ3n) is 2.93. The predicted octanol–water partition coefficient (Wildman–Crippen LogP) is 2.36. The summed E-state index contributed by atoms with van der Waals surface area (Å²) in [5, 5.41) is 5.54. The maximum absolute atomic E-state index is 5.54. The molecule has 19 heavy (non-hydrogen) atoms. The average Bonchev–Trinajstić information content (AvgIpc) is 2.89. The molecule has 0 unspecified atom stereocenters. The molecule has 2 N–H and O–H groups in total. The molecule has 2 aromatic carbocycles. The van der Waals surface area contributed by atoms with Crippen molar-refractivity contribution >= 4 is 10.9 Å². The predicted molar refractivity (Wildman–Crippen MR) is 75.6 cm³/mol. The van der Waals surface area contributed by atoms with Gasteiger partial charge in [0.2, 0.25) is 0 Å². The number of benzene rings is 2. The van der Waals surface area contributed by atoms with E-state index in [-0.39, 0.29) is 0 Å². The van der Waals surface area contributed by atoms with Gasteiger partial charge >= 0.3 is 0 Å². The average molecular weight is 253 g/mol. The molecule has 0 radical (unpaired) electrons. The summed E-state index contributed by atoms with van der Waals surface area (Å²) >= 11 is 0. The van der Waals surface area contributed by atoms with Crippen LogP contribution in [0.5, 0.6) is 5.75 Å². The van der Waals surface area contributed by atoms with Gasteiger partial charge in [-0.2, -0.15) is 5.10 Å². The molecule has 0 bridgehead atoms. The standard InChI is InChI=1S/C15H15N3O/c16-8-9-19-14-6-3-5-13(10-14)18-15-7-2-1-4-12(15)11-17-18/h1-7,10-11H,8-9,16H2. The minimum absolute atomic E-state index is 0.509. The summed E-state index contributed by atoms with van der Waals surface area (Å²) in [6.45, 7) is 1.03. The van der Waals surface area contributed by atoms with Gasteiger partial charge in [-0.05, 0) is 18.2 Å². The fourth-order valence-corrected chi connectivity index (χ4v) is 2.06. The van der Waals surface area contributed by atoms with Crippen LogP contribution in [0.3, 0.4) is 0 Å². The quantitative estimate of drug-likeness (QED) is 0.776. The van der Waals surface area contributed by atoms with E-state index in [0.29, 0.717) is 13.2 Å². The van der Waals surface area contributed by atoms with E-state index in [1.54, 1.807) is 0 Å². The molecule has 3 aromatic rings. The molecule has 0 aliphatic heterocycles. The first kappa shape index (κ1) is 11.7. The molecule has 0 saturated carbocycles. The summed E-state index contributed by atoms with van der Waals surface area (Å²) < 4.78 is 7.45. The Kier molecular flexibility index (Phi) is 3.16. The molecule has 1 aromatic heterocycles. The zero-order valence-electron chi connectivity index (χ0n) is 10.5. The van der Waals surface area contributed by atoms with Crippen molar-refractivity contribution in [2.75, 3.05) is 13.2 Å². The maximum Gasteiger partial charge on any atom is 0.121 e. The monoisotopic (exact) mass is 253 g/mol. The second-order valence-corrected chi connectivity index (χ2v) is 4.25. The van der Waals surface area contributed by atoms with Crippen LogP contribution in [-0.4, -0.2) is 22.9 Å². The van der Waals surface area contributed by atoms with Crippen molar-refractivity contribution in [3.63, 3.8) is 0 Å². The Morgan fingerprint density at radius 3 is 2.89 bits per heavy atom. The largest absolute Gasteiger partial charge is 0.492 e. The van der Waals surface area contributed by atoms with Crippen molar-refractivity contribution in [1.29, 1.82) is 0 Å². The molecule has 0 fully saturated rings. The number of aromatic nitrogens is 2. The first-order valence-electron chi connectivity index (χ1n) is 6.24. The van der Waals surface area contributed by atoms with Crippen molar-refractivity contribution in [3.05, 3.63) is 54.7 Å². The first-order chi connectivity index (χ1) is 9.38. The van der Waals surface area contributed by atoms with Crippen LogP contribution in [0.2, 0.25) is 0 Å². The minimum Gasteiger partial charge on any atom is -0.492 e. The summed E-state index contributed by atoms with van der Waals surface area (Å²) in [7, 11) is 0. The summed E-state index contributed by atoms with van der Waals surface area (Å²) in [5.74, 6) is 0.808. The second-order valence-electron chi connectivity index (χ2n) is 4.25. The Bertz CT molecular complexity index is 690. The smallest absolute Gasteiger partial charge is 0.121 e. The summed E-state index contributed by atoms with van der Waals surface area (Å²) in [6.07, 6.45) is 1.86. The highest BCUT2D eigenvalue weighted by Crippen LogP contribution is 2.21. The Morgan fingerprint density at radius 1 is 1.11 bits per heavy atom. The highest BCUT2D eigenvalue weighted by molar-refractivity contribution is 5.80. The molecule has 4 heteroatoms. The van der Waals surface area contributed by atoms with Crippen LogP contribution < -0.4 is 10.5 Å². The van der Waals surface area contributed by atoms with E-state index < -0.39 is 0 Å². The normalized spacial score (nSPS) is 10.8. The van der Waals surface area contributed by atoms with Gasteiger partial charge in [0.25, 0.3) is 0 Å². The lowest BCUT2D eigenvalue weighted by Gasteiger charge is -2.08. The first-order valence-corrected chi connectivity index (χ1v) is 6.24. The van der Waals surface area contributed by atoms with Crippen molar-refractivity contribution in [1.82, 2.24) is 9.78 Å². The number of nitrogens with two attached hydrogens (primary N) is 1. The van der Waals surface area contributed by atoms with E-state index in [2.05, 4.69) is 11.2 Å². The number of fused-ring (bicyclic) bond motifs is 1. The van der Waals surface area contributed by atoms with Crippen molar-refractivity contribution < 1.29 is 4.74 Å². The molecule has 0 aliphatic carbocycles. The molecule has 0 saturated heterocycles. The fourth-order valence-electron chi connectivity index (χ4n) is 2.06. The number of nitrogens with zero attached hydrogens (tertiary/aromatic N) is 2. The van der Waals surface area contributed by atoms with Gasteiger partial charge in [0, 0.05) is 18.0 Å². The lowest BCUT2D eigenvalue weighted by Crippen LogP contribution is -2.10. The highest BCUT2D eigenvalue weighted by atomic mass is 16.5. The lowest BCUT2D eigenvalue weighted by molar-refractivity contribution is 0.328. The van der Waals surface area contributed by atoms with Crippen molar-refractivity contribution in [3.8, 4) is 11.4 Å². The van der Waals surface area contributed by atoms with Crippen LogP contribution in [-0.2, 0) is 0 Å². The molecular weight excluding hydrogens is 238 g/mol. The molecule has 3 rings (SSSR count). The highest BCUT2D eigenvalue weighted by Gasteiger charge is 2.04. The molecule has 96 valence electrons. The Balaban J connectivity index is 2.01. The van der Waals surface area contributed by atoms with Gasteiger partial charge in [0.15, 0.2) is 0 Å². The number of hydrogen-bond acceptors (Lipinski definition) is 3.